The quantitative estimate of drug-likeness (QED) is 0.198. The van der Waals surface area contributed by atoms with Gasteiger partial charge in [-0.15, -0.1) is 0 Å². The smallest absolute Gasteiger partial charge is 0.306 e. The number of esters is 1. The van der Waals surface area contributed by atoms with Gasteiger partial charge in [-0.25, -0.2) is 0 Å². The Balaban J connectivity index is 1.23. The molecule has 1 amide bonds. The third-order valence-corrected chi connectivity index (χ3v) is 16.7. The highest BCUT2D eigenvalue weighted by molar-refractivity contribution is 5.77. The summed E-state index contributed by atoms with van der Waals surface area (Å²) in [5.41, 5.74) is 1.26. The van der Waals surface area contributed by atoms with E-state index in [1.165, 1.54) is 44.1 Å². The van der Waals surface area contributed by atoms with Crippen LogP contribution in [0.4, 0.5) is 0 Å². The van der Waals surface area contributed by atoms with Crippen LogP contribution in [0.3, 0.4) is 0 Å². The number of hydrogen-bond donors (Lipinski definition) is 2. The van der Waals surface area contributed by atoms with Crippen LogP contribution < -0.4 is 5.32 Å². The lowest BCUT2D eigenvalue weighted by Gasteiger charge is -2.73. The average Bonchev–Trinajstić information content (AvgIpc) is 3.38. The first kappa shape index (κ1) is 36.9. The summed E-state index contributed by atoms with van der Waals surface area (Å²) in [5, 5.41) is 12.8. The van der Waals surface area contributed by atoms with E-state index in [2.05, 4.69) is 58.3 Å². The number of carbonyl (C=O) groups excluding carboxylic acids is 2. The summed E-state index contributed by atoms with van der Waals surface area (Å²) in [4.78, 5) is 40.6. The summed E-state index contributed by atoms with van der Waals surface area (Å²) in [6, 6.07) is 0. The molecular formula is C42H68N2O5. The van der Waals surface area contributed by atoms with Crippen LogP contribution in [0.1, 0.15) is 139 Å². The topological polar surface area (TPSA) is 95.9 Å². The molecule has 1 aliphatic heterocycles. The van der Waals surface area contributed by atoms with Crippen LogP contribution in [0.15, 0.2) is 12.2 Å². The van der Waals surface area contributed by atoms with Gasteiger partial charge in [-0.2, -0.15) is 0 Å². The highest BCUT2D eigenvalue weighted by Gasteiger charge is 2.71. The second-order valence-corrected chi connectivity index (χ2v) is 20.1. The lowest BCUT2D eigenvalue weighted by molar-refractivity contribution is -0.250. The van der Waals surface area contributed by atoms with Gasteiger partial charge in [0.2, 0.25) is 5.91 Å². The highest BCUT2D eigenvalue weighted by atomic mass is 16.5. The number of piperazine rings is 1. The van der Waals surface area contributed by atoms with Gasteiger partial charge < -0.3 is 20.1 Å². The fourth-order valence-electron chi connectivity index (χ4n) is 14.2. The fourth-order valence-corrected chi connectivity index (χ4v) is 14.2. The molecule has 5 aliphatic carbocycles. The molecule has 1 saturated heterocycles. The van der Waals surface area contributed by atoms with Crippen molar-refractivity contribution in [2.24, 2.45) is 62.1 Å². The molecule has 0 aromatic rings. The maximum atomic E-state index is 13.9. The van der Waals surface area contributed by atoms with E-state index in [0.29, 0.717) is 35.5 Å². The zero-order chi connectivity index (χ0) is 35.8. The van der Waals surface area contributed by atoms with Crippen molar-refractivity contribution in [1.29, 1.82) is 0 Å². The molecule has 0 bridgehead atoms. The molecule has 10 atom stereocenters. The predicted octanol–water partition coefficient (Wildman–Crippen LogP) is 8.27. The number of fused-ring (bicyclic) bond motifs is 7. The lowest BCUT2D eigenvalue weighted by atomic mass is 9.32. The van der Waals surface area contributed by atoms with E-state index in [9.17, 15) is 19.5 Å². The Kier molecular flexibility index (Phi) is 9.53. The van der Waals surface area contributed by atoms with E-state index in [0.717, 1.165) is 58.3 Å². The number of nitrogens with one attached hydrogen (secondary N) is 1. The van der Waals surface area contributed by atoms with Gasteiger partial charge in [0.25, 0.3) is 0 Å². The SMILES string of the molecule is C=C(C)[C@@H]1CC[C@]2(CC(=O)N3CCNCC3)CC[C@]3(C)[C@H](CC[C@@H]4[C@@]5(C)CC[C@H](OC(=O)CC(C)(C)CC(=O)O)C(C)(C)[C@@H]5CC[C@]43C)[C@@H]12. The zero-order valence-electron chi connectivity index (χ0n) is 32.2. The molecule has 276 valence electrons. The molecule has 7 nitrogen and oxygen atoms in total. The minimum absolute atomic E-state index is 0.0432. The number of ether oxygens (including phenoxy) is 1. The van der Waals surface area contributed by atoms with Crippen molar-refractivity contribution in [2.45, 2.75) is 145 Å². The molecule has 1 heterocycles. The number of allylic oxidation sites excluding steroid dienone is 1. The van der Waals surface area contributed by atoms with Crippen molar-refractivity contribution in [2.75, 3.05) is 26.2 Å². The zero-order valence-corrected chi connectivity index (χ0v) is 32.2. The van der Waals surface area contributed by atoms with Gasteiger partial charge in [0.05, 0.1) is 12.8 Å². The van der Waals surface area contributed by atoms with Gasteiger partial charge in [0.1, 0.15) is 6.10 Å². The number of hydrogen-bond acceptors (Lipinski definition) is 5. The maximum Gasteiger partial charge on any atom is 0.306 e. The second kappa shape index (κ2) is 12.7. The highest BCUT2D eigenvalue weighted by Crippen LogP contribution is 2.78. The summed E-state index contributed by atoms with van der Waals surface area (Å²) in [5.74, 6) is 1.99. The van der Waals surface area contributed by atoms with Gasteiger partial charge in [-0.3, -0.25) is 14.4 Å². The molecule has 2 N–H and O–H groups in total. The molecule has 6 aliphatic rings. The van der Waals surface area contributed by atoms with Gasteiger partial charge in [-0.1, -0.05) is 60.6 Å². The van der Waals surface area contributed by atoms with Crippen LogP contribution in [-0.2, 0) is 19.1 Å². The van der Waals surface area contributed by atoms with E-state index < -0.39 is 11.4 Å². The number of amides is 1. The van der Waals surface area contributed by atoms with Crippen LogP contribution in [0.2, 0.25) is 0 Å². The second-order valence-electron chi connectivity index (χ2n) is 20.1. The average molecular weight is 681 g/mol. The number of carbonyl (C=O) groups is 3. The molecule has 7 heteroatoms. The Labute approximate surface area is 297 Å². The number of rotatable bonds is 8. The Hall–Kier alpha value is -1.89. The van der Waals surface area contributed by atoms with E-state index in [-0.39, 0.29) is 52.0 Å². The molecule has 0 radical (unpaired) electrons. The van der Waals surface area contributed by atoms with Crippen molar-refractivity contribution in [1.82, 2.24) is 10.2 Å². The summed E-state index contributed by atoms with van der Waals surface area (Å²) in [6.45, 7) is 26.6. The number of carboxylic acids is 1. The first-order chi connectivity index (χ1) is 22.8. The van der Waals surface area contributed by atoms with Crippen molar-refractivity contribution < 1.29 is 24.2 Å². The summed E-state index contributed by atoms with van der Waals surface area (Å²) >= 11 is 0. The van der Waals surface area contributed by atoms with Crippen LogP contribution >= 0.6 is 0 Å². The minimum atomic E-state index is -0.879. The van der Waals surface area contributed by atoms with Gasteiger partial charge in [0, 0.05) is 38.0 Å². The Morgan fingerprint density at radius 3 is 2.20 bits per heavy atom. The number of nitrogens with zero attached hydrogens (tertiary/aromatic N) is 1. The largest absolute Gasteiger partial charge is 0.481 e. The van der Waals surface area contributed by atoms with Crippen molar-refractivity contribution in [3.8, 4) is 0 Å². The van der Waals surface area contributed by atoms with Crippen LogP contribution in [0.25, 0.3) is 0 Å². The normalized spacial score (nSPS) is 43.0. The molecule has 6 fully saturated rings. The predicted molar refractivity (Wildman–Crippen MR) is 194 cm³/mol. The molecule has 0 aromatic carbocycles. The summed E-state index contributed by atoms with van der Waals surface area (Å²) < 4.78 is 6.28. The first-order valence-corrected chi connectivity index (χ1v) is 19.8. The van der Waals surface area contributed by atoms with E-state index in [4.69, 9.17) is 4.74 Å². The molecular weight excluding hydrogens is 612 g/mol. The van der Waals surface area contributed by atoms with Gasteiger partial charge >= 0.3 is 11.9 Å². The molecule has 6 rings (SSSR count). The number of aliphatic carboxylic acids is 1. The van der Waals surface area contributed by atoms with E-state index in [1.807, 2.05) is 13.8 Å². The Morgan fingerprint density at radius 2 is 1.55 bits per heavy atom. The third kappa shape index (κ3) is 6.02. The molecule has 49 heavy (non-hydrogen) atoms. The molecule has 0 spiro atoms. The molecule has 5 saturated carbocycles. The van der Waals surface area contributed by atoms with Crippen LogP contribution in [0, 0.1) is 62.1 Å². The molecule has 0 unspecified atom stereocenters. The fraction of sp³-hybridized carbons (Fsp3) is 0.881. The first-order valence-electron chi connectivity index (χ1n) is 19.8. The van der Waals surface area contributed by atoms with Crippen LogP contribution in [-0.4, -0.2) is 60.1 Å². The third-order valence-electron chi connectivity index (χ3n) is 16.7. The minimum Gasteiger partial charge on any atom is -0.481 e. The monoisotopic (exact) mass is 681 g/mol. The summed E-state index contributed by atoms with van der Waals surface area (Å²) in [6.07, 6.45) is 12.2. The number of carboxylic acid groups (broad SMARTS) is 1. The summed E-state index contributed by atoms with van der Waals surface area (Å²) in [7, 11) is 0. The van der Waals surface area contributed by atoms with Crippen molar-refractivity contribution >= 4 is 17.8 Å². The van der Waals surface area contributed by atoms with Crippen molar-refractivity contribution in [3.63, 3.8) is 0 Å². The van der Waals surface area contributed by atoms with Gasteiger partial charge in [0.15, 0.2) is 0 Å². The maximum absolute atomic E-state index is 13.9. The van der Waals surface area contributed by atoms with E-state index >= 15 is 0 Å². The standard InChI is InChI=1S/C42H68N2O5/c1-27(2)28-12-17-42(24-33(45)44-22-20-43-21-23-44)19-18-40(8)29(36(28)42)10-11-31-39(7)15-14-32(38(5,6)30(39)13-16-41(31,40)9)49-35(48)26-37(3,4)25-34(46)47/h28-32,36,43H,1,10-26H2,2-9H3,(H,46,47)/t28-,29+,30-,31+,32-,36+,39-,40+,41+,42+/m0/s1. The Morgan fingerprint density at radius 1 is 0.857 bits per heavy atom. The van der Waals surface area contributed by atoms with E-state index in [1.54, 1.807) is 0 Å². The van der Waals surface area contributed by atoms with Gasteiger partial charge in [-0.05, 0) is 128 Å². The van der Waals surface area contributed by atoms with Crippen molar-refractivity contribution in [3.05, 3.63) is 12.2 Å². The van der Waals surface area contributed by atoms with Crippen LogP contribution in [0.5, 0.6) is 0 Å². The lowest BCUT2D eigenvalue weighted by Crippen LogP contribution is -2.67. The Bertz CT molecular complexity index is 1330. The molecule has 0 aromatic heterocycles.